The number of hydrazone groups is 1. The molecule has 1 aromatic heterocycles. The molecule has 134 valence electrons. The van der Waals surface area contributed by atoms with Crippen molar-refractivity contribution in [2.24, 2.45) is 5.10 Å². The van der Waals surface area contributed by atoms with Crippen LogP contribution in [0.2, 0.25) is 0 Å². The van der Waals surface area contributed by atoms with Crippen molar-refractivity contribution in [1.82, 2.24) is 15.3 Å². The van der Waals surface area contributed by atoms with Crippen LogP contribution < -0.4 is 10.3 Å². The third-order valence-corrected chi connectivity index (χ3v) is 4.39. The molecule has 2 aromatic rings. The lowest BCUT2D eigenvalue weighted by Gasteiger charge is -2.36. The summed E-state index contributed by atoms with van der Waals surface area (Å²) in [5.74, 6) is 0. The molecule has 3 rings (SSSR count). The smallest absolute Gasteiger partial charge is 0.269 e. The molecule has 26 heavy (non-hydrogen) atoms. The zero-order valence-corrected chi connectivity index (χ0v) is 14.8. The van der Waals surface area contributed by atoms with E-state index in [1.807, 2.05) is 23.1 Å². The molecule has 0 saturated carbocycles. The Morgan fingerprint density at radius 2 is 1.92 bits per heavy atom. The fourth-order valence-electron chi connectivity index (χ4n) is 2.63. The Morgan fingerprint density at radius 3 is 2.54 bits per heavy atom. The second-order valence-corrected chi connectivity index (χ2v) is 6.06. The van der Waals surface area contributed by atoms with Gasteiger partial charge in [-0.15, -0.1) is 0 Å². The summed E-state index contributed by atoms with van der Waals surface area (Å²) in [6.07, 6.45) is 3.33. The summed E-state index contributed by atoms with van der Waals surface area (Å²) in [5, 5.41) is 15.4. The van der Waals surface area contributed by atoms with Crippen LogP contribution in [0.15, 0.2) is 53.8 Å². The lowest BCUT2D eigenvalue weighted by Crippen LogP contribution is -2.51. The summed E-state index contributed by atoms with van der Waals surface area (Å²) < 4.78 is 0. The highest BCUT2D eigenvalue weighted by Crippen LogP contribution is 2.20. The molecule has 0 atom stereocenters. The van der Waals surface area contributed by atoms with Crippen molar-refractivity contribution >= 4 is 34.9 Å². The summed E-state index contributed by atoms with van der Waals surface area (Å²) in [6, 6.07) is 12.2. The molecule has 1 fully saturated rings. The van der Waals surface area contributed by atoms with Crippen LogP contribution in [0.4, 0.5) is 11.4 Å². The Labute approximate surface area is 156 Å². The van der Waals surface area contributed by atoms with Crippen LogP contribution >= 0.6 is 12.2 Å². The minimum atomic E-state index is -0.392. The van der Waals surface area contributed by atoms with E-state index in [9.17, 15) is 10.1 Å². The van der Waals surface area contributed by atoms with Gasteiger partial charge in [0.05, 0.1) is 16.8 Å². The zero-order valence-electron chi connectivity index (χ0n) is 14.0. The minimum absolute atomic E-state index is 0.100. The predicted molar refractivity (Wildman–Crippen MR) is 104 cm³/mol. The average molecular weight is 370 g/mol. The standard InChI is InChI=1S/C17H18N6O2S/c24-23(25)16-6-4-15(5-7-16)21-9-11-22(12-10-21)17(26)20-19-13-14-3-1-2-8-18-14/h1-8,13H,9-12H2,(H,20,26)/b19-13-. The Hall–Kier alpha value is -3.07. The van der Waals surface area contributed by atoms with E-state index in [0.29, 0.717) is 5.11 Å². The Balaban J connectivity index is 1.49. The van der Waals surface area contributed by atoms with Gasteiger partial charge in [-0.2, -0.15) is 5.10 Å². The number of nitro benzene ring substituents is 1. The van der Waals surface area contributed by atoms with Crippen LogP contribution in [0.5, 0.6) is 0 Å². The SMILES string of the molecule is O=[N+]([O-])c1ccc(N2CCN(C(=S)N/N=C\c3ccccn3)CC2)cc1. The third kappa shape index (κ3) is 4.51. The maximum Gasteiger partial charge on any atom is 0.269 e. The number of aromatic nitrogens is 1. The minimum Gasteiger partial charge on any atom is -0.368 e. The summed E-state index contributed by atoms with van der Waals surface area (Å²) in [6.45, 7) is 3.07. The van der Waals surface area contributed by atoms with Crippen molar-refractivity contribution in [3.05, 3.63) is 64.5 Å². The maximum atomic E-state index is 10.7. The van der Waals surface area contributed by atoms with Crippen LogP contribution in [0, 0.1) is 10.1 Å². The molecule has 0 radical (unpaired) electrons. The van der Waals surface area contributed by atoms with Gasteiger partial charge in [0.15, 0.2) is 5.11 Å². The highest BCUT2D eigenvalue weighted by Gasteiger charge is 2.19. The average Bonchev–Trinajstić information content (AvgIpc) is 2.69. The number of anilines is 1. The Kier molecular flexibility index (Phi) is 5.69. The molecule has 2 heterocycles. The first kappa shape index (κ1) is 17.7. The quantitative estimate of drug-likeness (QED) is 0.381. The van der Waals surface area contributed by atoms with E-state index < -0.39 is 4.92 Å². The number of hydrogen-bond donors (Lipinski definition) is 1. The molecule has 0 spiro atoms. The van der Waals surface area contributed by atoms with Crippen molar-refractivity contribution in [2.75, 3.05) is 31.1 Å². The number of rotatable bonds is 4. The van der Waals surface area contributed by atoms with E-state index in [4.69, 9.17) is 12.2 Å². The highest BCUT2D eigenvalue weighted by atomic mass is 32.1. The molecule has 1 aromatic carbocycles. The summed E-state index contributed by atoms with van der Waals surface area (Å²) in [5.41, 5.74) is 4.70. The zero-order chi connectivity index (χ0) is 18.4. The van der Waals surface area contributed by atoms with Crippen LogP contribution in [0.3, 0.4) is 0 Å². The number of non-ortho nitro benzene ring substituents is 1. The predicted octanol–water partition coefficient (Wildman–Crippen LogP) is 2.02. The first-order valence-corrected chi connectivity index (χ1v) is 8.53. The molecule has 1 aliphatic rings. The van der Waals surface area contributed by atoms with Crippen molar-refractivity contribution < 1.29 is 4.92 Å². The molecule has 1 aliphatic heterocycles. The second kappa shape index (κ2) is 8.34. The number of nitrogens with one attached hydrogen (secondary N) is 1. The third-order valence-electron chi connectivity index (χ3n) is 4.04. The van der Waals surface area contributed by atoms with Crippen LogP contribution in [-0.2, 0) is 0 Å². The fourth-order valence-corrected chi connectivity index (χ4v) is 2.86. The molecule has 9 heteroatoms. The van der Waals surface area contributed by atoms with E-state index >= 15 is 0 Å². The van der Waals surface area contributed by atoms with Crippen molar-refractivity contribution in [2.45, 2.75) is 0 Å². The second-order valence-electron chi connectivity index (χ2n) is 5.68. The van der Waals surface area contributed by atoms with Gasteiger partial charge < -0.3 is 9.80 Å². The highest BCUT2D eigenvalue weighted by molar-refractivity contribution is 7.80. The number of thiocarbonyl (C=S) groups is 1. The molecule has 0 aliphatic carbocycles. The largest absolute Gasteiger partial charge is 0.368 e. The van der Waals surface area contributed by atoms with Crippen molar-refractivity contribution in [3.63, 3.8) is 0 Å². The summed E-state index contributed by atoms with van der Waals surface area (Å²) >= 11 is 5.38. The molecule has 1 saturated heterocycles. The molecule has 0 bridgehead atoms. The summed E-state index contributed by atoms with van der Waals surface area (Å²) in [4.78, 5) is 18.7. The van der Waals surface area contributed by atoms with Gasteiger partial charge in [-0.1, -0.05) is 6.07 Å². The van der Waals surface area contributed by atoms with Gasteiger partial charge in [-0.3, -0.25) is 20.5 Å². The van der Waals surface area contributed by atoms with Crippen LogP contribution in [-0.4, -0.2) is 52.3 Å². The summed E-state index contributed by atoms with van der Waals surface area (Å²) in [7, 11) is 0. The molecular formula is C17H18N6O2S. The first-order chi connectivity index (χ1) is 12.6. The first-order valence-electron chi connectivity index (χ1n) is 8.12. The number of nitrogens with zero attached hydrogens (tertiary/aromatic N) is 5. The van der Waals surface area contributed by atoms with Gasteiger partial charge in [0.2, 0.25) is 0 Å². The Morgan fingerprint density at radius 1 is 1.19 bits per heavy atom. The van der Waals surface area contributed by atoms with Gasteiger partial charge in [0.25, 0.3) is 5.69 Å². The van der Waals surface area contributed by atoms with Gasteiger partial charge in [0.1, 0.15) is 0 Å². The van der Waals surface area contributed by atoms with E-state index in [0.717, 1.165) is 37.6 Å². The molecule has 0 amide bonds. The van der Waals surface area contributed by atoms with Gasteiger partial charge in [-0.05, 0) is 36.5 Å². The fraction of sp³-hybridized carbons (Fsp3) is 0.235. The van der Waals surface area contributed by atoms with E-state index in [1.54, 1.807) is 24.5 Å². The molecule has 0 unspecified atom stereocenters. The number of piperazine rings is 1. The number of hydrogen-bond acceptors (Lipinski definition) is 6. The van der Waals surface area contributed by atoms with E-state index in [-0.39, 0.29) is 5.69 Å². The van der Waals surface area contributed by atoms with Gasteiger partial charge in [-0.25, -0.2) is 0 Å². The molecule has 8 nitrogen and oxygen atoms in total. The monoisotopic (exact) mass is 370 g/mol. The number of nitro groups is 1. The lowest BCUT2D eigenvalue weighted by atomic mass is 10.2. The number of pyridine rings is 1. The molecular weight excluding hydrogens is 352 g/mol. The van der Waals surface area contributed by atoms with Crippen LogP contribution in [0.1, 0.15) is 5.69 Å². The lowest BCUT2D eigenvalue weighted by molar-refractivity contribution is -0.384. The topological polar surface area (TPSA) is 86.9 Å². The normalized spacial score (nSPS) is 14.5. The van der Waals surface area contributed by atoms with Gasteiger partial charge >= 0.3 is 0 Å². The van der Waals surface area contributed by atoms with Crippen molar-refractivity contribution in [1.29, 1.82) is 0 Å². The van der Waals surface area contributed by atoms with E-state index in [2.05, 4.69) is 20.4 Å². The van der Waals surface area contributed by atoms with Crippen molar-refractivity contribution in [3.8, 4) is 0 Å². The molecule has 1 N–H and O–H groups in total. The number of benzene rings is 1. The Bertz CT molecular complexity index is 789. The van der Waals surface area contributed by atoms with Crippen LogP contribution in [0.25, 0.3) is 0 Å². The van der Waals surface area contributed by atoms with Gasteiger partial charge in [0, 0.05) is 50.2 Å². The maximum absolute atomic E-state index is 10.7. The van der Waals surface area contributed by atoms with E-state index in [1.165, 1.54) is 12.1 Å².